The molecule has 0 saturated heterocycles. The molecule has 0 saturated carbocycles. The van der Waals surface area contributed by atoms with Crippen molar-refractivity contribution >= 4 is 29.1 Å². The molecule has 1 aromatic rings. The van der Waals surface area contributed by atoms with Crippen LogP contribution in [0.25, 0.3) is 0 Å². The normalized spacial score (nSPS) is 14.2. The van der Waals surface area contributed by atoms with Gasteiger partial charge in [0.15, 0.2) is 0 Å². The SMILES string of the molecule is CC[C@H](N)C(=O)NC(C)c1ccc(Cl)cc1Cl. The van der Waals surface area contributed by atoms with Gasteiger partial charge in [0.1, 0.15) is 0 Å². The molecule has 94 valence electrons. The lowest BCUT2D eigenvalue weighted by Gasteiger charge is -2.18. The number of nitrogens with one attached hydrogen (secondary N) is 1. The van der Waals surface area contributed by atoms with E-state index < -0.39 is 6.04 Å². The van der Waals surface area contributed by atoms with Crippen LogP contribution in [0.2, 0.25) is 10.0 Å². The summed E-state index contributed by atoms with van der Waals surface area (Å²) in [5.41, 5.74) is 6.47. The van der Waals surface area contributed by atoms with Gasteiger partial charge in [0, 0.05) is 10.0 Å². The zero-order chi connectivity index (χ0) is 13.0. The summed E-state index contributed by atoms with van der Waals surface area (Å²) < 4.78 is 0. The van der Waals surface area contributed by atoms with Gasteiger partial charge in [-0.25, -0.2) is 0 Å². The second-order valence-corrected chi connectivity index (χ2v) is 4.75. The molecule has 0 aliphatic carbocycles. The molecule has 0 heterocycles. The highest BCUT2D eigenvalue weighted by atomic mass is 35.5. The van der Waals surface area contributed by atoms with Crippen LogP contribution in [0.15, 0.2) is 18.2 Å². The van der Waals surface area contributed by atoms with Crippen molar-refractivity contribution in [2.75, 3.05) is 0 Å². The first-order valence-electron chi connectivity index (χ1n) is 5.46. The first kappa shape index (κ1) is 14.3. The van der Waals surface area contributed by atoms with Crippen LogP contribution in [0.5, 0.6) is 0 Å². The number of hydrogen-bond donors (Lipinski definition) is 2. The topological polar surface area (TPSA) is 55.1 Å². The Balaban J connectivity index is 2.76. The molecule has 3 nitrogen and oxygen atoms in total. The van der Waals surface area contributed by atoms with E-state index in [1.165, 1.54) is 0 Å². The van der Waals surface area contributed by atoms with E-state index in [-0.39, 0.29) is 11.9 Å². The average Bonchev–Trinajstić information content (AvgIpc) is 2.27. The van der Waals surface area contributed by atoms with E-state index in [1.807, 2.05) is 13.8 Å². The lowest BCUT2D eigenvalue weighted by molar-refractivity contribution is -0.123. The van der Waals surface area contributed by atoms with E-state index in [4.69, 9.17) is 28.9 Å². The summed E-state index contributed by atoms with van der Waals surface area (Å²) in [6, 6.07) is 4.52. The summed E-state index contributed by atoms with van der Waals surface area (Å²) in [4.78, 5) is 11.6. The molecular formula is C12H16Cl2N2O. The standard InChI is InChI=1S/C12H16Cl2N2O/c1-3-11(15)12(17)16-7(2)9-5-4-8(13)6-10(9)14/h4-7,11H,3,15H2,1-2H3,(H,16,17)/t7?,11-/m0/s1. The van der Waals surface area contributed by atoms with Gasteiger partial charge in [-0.05, 0) is 31.0 Å². The minimum absolute atomic E-state index is 0.175. The quantitative estimate of drug-likeness (QED) is 0.887. The molecule has 2 atom stereocenters. The maximum Gasteiger partial charge on any atom is 0.237 e. The van der Waals surface area contributed by atoms with E-state index in [0.717, 1.165) is 5.56 Å². The molecule has 1 aromatic carbocycles. The van der Waals surface area contributed by atoms with Crippen LogP contribution in [0.1, 0.15) is 31.9 Å². The Kier molecular flexibility index (Phi) is 5.25. The molecule has 0 fully saturated rings. The fourth-order valence-corrected chi connectivity index (χ4v) is 2.01. The van der Waals surface area contributed by atoms with Crippen LogP contribution >= 0.6 is 23.2 Å². The molecule has 5 heteroatoms. The Morgan fingerprint density at radius 1 is 1.47 bits per heavy atom. The second kappa shape index (κ2) is 6.24. The first-order chi connectivity index (χ1) is 7.95. The molecule has 0 bridgehead atoms. The van der Waals surface area contributed by atoms with Crippen molar-refractivity contribution in [3.8, 4) is 0 Å². The van der Waals surface area contributed by atoms with E-state index in [9.17, 15) is 4.79 Å². The summed E-state index contributed by atoms with van der Waals surface area (Å²) >= 11 is 11.9. The van der Waals surface area contributed by atoms with Crippen molar-refractivity contribution < 1.29 is 4.79 Å². The molecule has 17 heavy (non-hydrogen) atoms. The third kappa shape index (κ3) is 3.87. The Morgan fingerprint density at radius 3 is 2.65 bits per heavy atom. The predicted molar refractivity (Wildman–Crippen MR) is 71.3 cm³/mol. The molecule has 0 radical (unpaired) electrons. The third-order valence-electron chi connectivity index (χ3n) is 2.56. The monoisotopic (exact) mass is 274 g/mol. The van der Waals surface area contributed by atoms with Crippen molar-refractivity contribution in [2.24, 2.45) is 5.73 Å². The molecule has 0 aliphatic heterocycles. The third-order valence-corrected chi connectivity index (χ3v) is 3.13. The molecule has 1 amide bonds. The predicted octanol–water partition coefficient (Wildman–Crippen LogP) is 2.91. The fourth-order valence-electron chi connectivity index (χ4n) is 1.44. The molecule has 1 rings (SSSR count). The molecule has 0 aromatic heterocycles. The van der Waals surface area contributed by atoms with Crippen LogP contribution in [-0.2, 0) is 4.79 Å². The van der Waals surface area contributed by atoms with Gasteiger partial charge in [-0.15, -0.1) is 0 Å². The second-order valence-electron chi connectivity index (χ2n) is 3.91. The van der Waals surface area contributed by atoms with Gasteiger partial charge in [0.25, 0.3) is 0 Å². The number of carbonyl (C=O) groups excluding carboxylic acids is 1. The van der Waals surface area contributed by atoms with Crippen molar-refractivity contribution in [1.29, 1.82) is 0 Å². The molecule has 3 N–H and O–H groups in total. The number of amides is 1. The number of nitrogens with two attached hydrogens (primary N) is 1. The molecule has 0 aliphatic rings. The maximum atomic E-state index is 11.6. The number of carbonyl (C=O) groups is 1. The van der Waals surface area contributed by atoms with E-state index in [0.29, 0.717) is 16.5 Å². The lowest BCUT2D eigenvalue weighted by atomic mass is 10.1. The Morgan fingerprint density at radius 2 is 2.12 bits per heavy atom. The van der Waals surface area contributed by atoms with E-state index in [1.54, 1.807) is 18.2 Å². The number of benzene rings is 1. The average molecular weight is 275 g/mol. The smallest absolute Gasteiger partial charge is 0.237 e. The highest BCUT2D eigenvalue weighted by Crippen LogP contribution is 2.26. The summed E-state index contributed by atoms with van der Waals surface area (Å²) in [5.74, 6) is -0.175. The summed E-state index contributed by atoms with van der Waals surface area (Å²) in [5, 5.41) is 3.92. The Labute approximate surface area is 111 Å². The van der Waals surface area contributed by atoms with E-state index in [2.05, 4.69) is 5.32 Å². The number of rotatable bonds is 4. The van der Waals surface area contributed by atoms with Crippen LogP contribution in [-0.4, -0.2) is 11.9 Å². The fraction of sp³-hybridized carbons (Fsp3) is 0.417. The van der Waals surface area contributed by atoms with Crippen molar-refractivity contribution in [1.82, 2.24) is 5.32 Å². The van der Waals surface area contributed by atoms with Gasteiger partial charge in [-0.2, -0.15) is 0 Å². The van der Waals surface area contributed by atoms with E-state index >= 15 is 0 Å². The number of hydrogen-bond acceptors (Lipinski definition) is 2. The van der Waals surface area contributed by atoms with Crippen LogP contribution in [0, 0.1) is 0 Å². The van der Waals surface area contributed by atoms with Crippen molar-refractivity contribution in [3.63, 3.8) is 0 Å². The highest BCUT2D eigenvalue weighted by Gasteiger charge is 2.16. The van der Waals surface area contributed by atoms with Gasteiger partial charge >= 0.3 is 0 Å². The lowest BCUT2D eigenvalue weighted by Crippen LogP contribution is -2.41. The van der Waals surface area contributed by atoms with Gasteiger partial charge in [0.05, 0.1) is 12.1 Å². The molecule has 1 unspecified atom stereocenters. The van der Waals surface area contributed by atoms with Crippen molar-refractivity contribution in [3.05, 3.63) is 33.8 Å². The minimum atomic E-state index is -0.483. The van der Waals surface area contributed by atoms with Gasteiger partial charge in [-0.3, -0.25) is 4.79 Å². The summed E-state index contributed by atoms with van der Waals surface area (Å²) in [6.45, 7) is 3.72. The number of halogens is 2. The van der Waals surface area contributed by atoms with Gasteiger partial charge in [-0.1, -0.05) is 36.2 Å². The summed E-state index contributed by atoms with van der Waals surface area (Å²) in [6.07, 6.45) is 0.604. The largest absolute Gasteiger partial charge is 0.348 e. The highest BCUT2D eigenvalue weighted by molar-refractivity contribution is 6.35. The Hall–Kier alpha value is -0.770. The minimum Gasteiger partial charge on any atom is -0.348 e. The molecular weight excluding hydrogens is 259 g/mol. The zero-order valence-corrected chi connectivity index (χ0v) is 11.3. The van der Waals surface area contributed by atoms with Gasteiger partial charge in [0.2, 0.25) is 5.91 Å². The molecule has 0 spiro atoms. The maximum absolute atomic E-state index is 11.6. The zero-order valence-electron chi connectivity index (χ0n) is 9.84. The van der Waals surface area contributed by atoms with Gasteiger partial charge < -0.3 is 11.1 Å². The van der Waals surface area contributed by atoms with Crippen LogP contribution in [0.4, 0.5) is 0 Å². The summed E-state index contributed by atoms with van der Waals surface area (Å²) in [7, 11) is 0. The van der Waals surface area contributed by atoms with Crippen LogP contribution < -0.4 is 11.1 Å². The van der Waals surface area contributed by atoms with Crippen LogP contribution in [0.3, 0.4) is 0 Å². The first-order valence-corrected chi connectivity index (χ1v) is 6.22. The Bertz CT molecular complexity index is 409. The van der Waals surface area contributed by atoms with Crippen molar-refractivity contribution in [2.45, 2.75) is 32.4 Å².